The van der Waals surface area contributed by atoms with E-state index < -0.39 is 0 Å². The monoisotopic (exact) mass is 352 g/mol. The van der Waals surface area contributed by atoms with E-state index in [-0.39, 0.29) is 5.91 Å². The highest BCUT2D eigenvalue weighted by atomic mass is 79.9. The van der Waals surface area contributed by atoms with Gasteiger partial charge in [-0.2, -0.15) is 0 Å². The molecule has 0 bridgehead atoms. The van der Waals surface area contributed by atoms with Gasteiger partial charge in [-0.25, -0.2) is 0 Å². The second-order valence-corrected chi connectivity index (χ2v) is 6.22. The minimum absolute atomic E-state index is 0.0468. The molecule has 1 amide bonds. The molecule has 1 N–H and O–H groups in total. The first-order valence-electron chi connectivity index (χ1n) is 7.07. The molecular formula is C18H13BrN2O. The third kappa shape index (κ3) is 2.16. The molecule has 0 spiro atoms. The van der Waals surface area contributed by atoms with E-state index in [2.05, 4.69) is 33.4 Å². The van der Waals surface area contributed by atoms with Crippen molar-refractivity contribution < 1.29 is 4.79 Å². The van der Waals surface area contributed by atoms with Crippen LogP contribution in [0.2, 0.25) is 0 Å². The summed E-state index contributed by atoms with van der Waals surface area (Å²) in [4.78, 5) is 12.4. The fourth-order valence-electron chi connectivity index (χ4n) is 2.80. The Morgan fingerprint density at radius 1 is 1.00 bits per heavy atom. The fourth-order valence-corrected chi connectivity index (χ4v) is 3.15. The third-order valence-corrected chi connectivity index (χ3v) is 4.40. The zero-order valence-electron chi connectivity index (χ0n) is 11.7. The number of carbonyl (C=O) groups excluding carboxylic acids is 1. The summed E-state index contributed by atoms with van der Waals surface area (Å²) in [7, 11) is 0. The molecule has 0 atom stereocenters. The third-order valence-electron chi connectivity index (χ3n) is 3.91. The number of aromatic nitrogens is 1. The van der Waals surface area contributed by atoms with E-state index in [1.165, 1.54) is 0 Å². The smallest absolute Gasteiger partial charge is 0.268 e. The summed E-state index contributed by atoms with van der Waals surface area (Å²) in [5.41, 5.74) is 4.94. The number of nitrogens with zero attached hydrogens (tertiary/aromatic N) is 1. The summed E-state index contributed by atoms with van der Waals surface area (Å²) in [6, 6.07) is 18.1. The van der Waals surface area contributed by atoms with E-state index in [4.69, 9.17) is 0 Å². The fraction of sp³-hybridized carbons (Fsp3) is 0.0556. The first-order chi connectivity index (χ1) is 10.7. The maximum absolute atomic E-state index is 12.4. The quantitative estimate of drug-likeness (QED) is 0.701. The van der Waals surface area contributed by atoms with Crippen molar-refractivity contribution in [2.24, 2.45) is 0 Å². The molecule has 1 aliphatic rings. The van der Waals surface area contributed by atoms with Crippen LogP contribution in [0.25, 0.3) is 16.8 Å². The Bertz CT molecular complexity index is 868. The van der Waals surface area contributed by atoms with Gasteiger partial charge in [-0.05, 0) is 29.3 Å². The number of amides is 1. The van der Waals surface area contributed by atoms with Gasteiger partial charge in [-0.15, -0.1) is 0 Å². The van der Waals surface area contributed by atoms with Gasteiger partial charge in [0.1, 0.15) is 5.69 Å². The van der Waals surface area contributed by atoms with Gasteiger partial charge in [-0.3, -0.25) is 4.79 Å². The predicted molar refractivity (Wildman–Crippen MR) is 90.1 cm³/mol. The Kier molecular flexibility index (Phi) is 3.12. The number of nitrogens with one attached hydrogen (secondary N) is 1. The number of benzene rings is 2. The minimum Gasteiger partial charge on any atom is -0.347 e. The summed E-state index contributed by atoms with van der Waals surface area (Å²) in [5, 5.41) is 2.97. The van der Waals surface area contributed by atoms with Crippen molar-refractivity contribution in [1.82, 2.24) is 9.88 Å². The molecule has 4 heteroatoms. The van der Waals surface area contributed by atoms with Crippen LogP contribution in [-0.2, 0) is 6.54 Å². The largest absolute Gasteiger partial charge is 0.347 e. The predicted octanol–water partition coefficient (Wildman–Crippen LogP) is 4.15. The molecule has 3 aromatic rings. The Morgan fingerprint density at radius 2 is 1.82 bits per heavy atom. The molecule has 1 aliphatic heterocycles. The van der Waals surface area contributed by atoms with E-state index in [9.17, 15) is 4.79 Å². The average Bonchev–Trinajstić information content (AvgIpc) is 2.95. The van der Waals surface area contributed by atoms with Crippen molar-refractivity contribution in [3.63, 3.8) is 0 Å². The lowest BCUT2D eigenvalue weighted by Gasteiger charge is -2.09. The Labute approximate surface area is 136 Å². The molecule has 3 nitrogen and oxygen atoms in total. The highest BCUT2D eigenvalue weighted by Gasteiger charge is 2.21. The number of hydrogen-bond donors (Lipinski definition) is 1. The first kappa shape index (κ1) is 13.3. The zero-order valence-corrected chi connectivity index (χ0v) is 13.3. The molecular weight excluding hydrogens is 340 g/mol. The molecule has 0 saturated carbocycles. The van der Waals surface area contributed by atoms with Crippen molar-refractivity contribution >= 4 is 21.8 Å². The van der Waals surface area contributed by atoms with Crippen LogP contribution < -0.4 is 5.32 Å². The SMILES string of the molecule is O=C1NCc2ccc(Br)cc2-n2cc(-c3ccccc3)cc21. The lowest BCUT2D eigenvalue weighted by molar-refractivity contribution is 0.0946. The summed E-state index contributed by atoms with van der Waals surface area (Å²) in [6.45, 7) is 0.545. The molecule has 0 unspecified atom stereocenters. The first-order valence-corrected chi connectivity index (χ1v) is 7.86. The second kappa shape index (κ2) is 5.14. The molecule has 2 heterocycles. The highest BCUT2D eigenvalue weighted by Crippen LogP contribution is 2.29. The molecule has 0 aliphatic carbocycles. The summed E-state index contributed by atoms with van der Waals surface area (Å²) < 4.78 is 2.98. The molecule has 108 valence electrons. The van der Waals surface area contributed by atoms with Gasteiger partial charge in [0.05, 0.1) is 5.69 Å². The molecule has 22 heavy (non-hydrogen) atoms. The van der Waals surface area contributed by atoms with Crippen LogP contribution in [0, 0.1) is 0 Å². The highest BCUT2D eigenvalue weighted by molar-refractivity contribution is 9.10. The van der Waals surface area contributed by atoms with E-state index in [1.807, 2.05) is 53.2 Å². The van der Waals surface area contributed by atoms with Gasteiger partial charge in [0, 0.05) is 22.8 Å². The van der Waals surface area contributed by atoms with Gasteiger partial charge < -0.3 is 9.88 Å². The van der Waals surface area contributed by atoms with Crippen molar-refractivity contribution in [2.75, 3.05) is 0 Å². The second-order valence-electron chi connectivity index (χ2n) is 5.31. The Balaban J connectivity index is 1.94. The summed E-state index contributed by atoms with van der Waals surface area (Å²) >= 11 is 3.52. The normalized spacial score (nSPS) is 13.0. The average molecular weight is 353 g/mol. The van der Waals surface area contributed by atoms with Crippen LogP contribution >= 0.6 is 15.9 Å². The summed E-state index contributed by atoms with van der Waals surface area (Å²) in [5.74, 6) is -0.0468. The topological polar surface area (TPSA) is 34.0 Å². The van der Waals surface area contributed by atoms with Gasteiger partial charge in [0.2, 0.25) is 0 Å². The van der Waals surface area contributed by atoms with Crippen LogP contribution in [-0.4, -0.2) is 10.5 Å². The van der Waals surface area contributed by atoms with Crippen LogP contribution in [0.15, 0.2) is 65.3 Å². The maximum Gasteiger partial charge on any atom is 0.268 e. The number of hydrogen-bond acceptors (Lipinski definition) is 1. The van der Waals surface area contributed by atoms with Crippen LogP contribution in [0.5, 0.6) is 0 Å². The molecule has 1 aromatic heterocycles. The maximum atomic E-state index is 12.4. The Morgan fingerprint density at radius 3 is 2.64 bits per heavy atom. The number of rotatable bonds is 1. The summed E-state index contributed by atoms with van der Waals surface area (Å²) in [6.07, 6.45) is 2.03. The van der Waals surface area contributed by atoms with Crippen molar-refractivity contribution in [3.05, 3.63) is 76.5 Å². The van der Waals surface area contributed by atoms with Crippen LogP contribution in [0.4, 0.5) is 0 Å². The molecule has 0 radical (unpaired) electrons. The lowest BCUT2D eigenvalue weighted by atomic mass is 10.1. The lowest BCUT2D eigenvalue weighted by Crippen LogP contribution is -2.21. The molecule has 0 saturated heterocycles. The molecule has 4 rings (SSSR count). The van der Waals surface area contributed by atoms with Gasteiger partial charge >= 0.3 is 0 Å². The number of halogens is 1. The van der Waals surface area contributed by atoms with Crippen molar-refractivity contribution in [3.8, 4) is 16.8 Å². The van der Waals surface area contributed by atoms with Gasteiger partial charge in [-0.1, -0.05) is 52.3 Å². The van der Waals surface area contributed by atoms with Crippen LogP contribution in [0.1, 0.15) is 16.1 Å². The number of fused-ring (bicyclic) bond motifs is 3. The van der Waals surface area contributed by atoms with E-state index in [0.717, 1.165) is 26.9 Å². The molecule has 2 aromatic carbocycles. The van der Waals surface area contributed by atoms with Gasteiger partial charge in [0.25, 0.3) is 5.91 Å². The van der Waals surface area contributed by atoms with E-state index in [0.29, 0.717) is 12.2 Å². The number of carbonyl (C=O) groups is 1. The van der Waals surface area contributed by atoms with E-state index >= 15 is 0 Å². The minimum atomic E-state index is -0.0468. The zero-order chi connectivity index (χ0) is 15.1. The van der Waals surface area contributed by atoms with Gasteiger partial charge in [0.15, 0.2) is 0 Å². The van der Waals surface area contributed by atoms with Crippen molar-refractivity contribution in [2.45, 2.75) is 6.54 Å². The van der Waals surface area contributed by atoms with Crippen molar-refractivity contribution in [1.29, 1.82) is 0 Å². The van der Waals surface area contributed by atoms with E-state index in [1.54, 1.807) is 0 Å². The molecule has 0 fully saturated rings. The standard InChI is InChI=1S/C18H13BrN2O/c19-15-7-6-13-10-20-18(22)17-8-14(11-21(17)16(13)9-15)12-4-2-1-3-5-12/h1-9,11H,10H2,(H,20,22). The van der Waals surface area contributed by atoms with Crippen LogP contribution in [0.3, 0.4) is 0 Å². The Hall–Kier alpha value is -2.33.